The Balaban J connectivity index is 3.07. The van der Waals surface area contributed by atoms with Crippen molar-refractivity contribution >= 4 is 11.6 Å². The van der Waals surface area contributed by atoms with E-state index in [0.717, 1.165) is 5.56 Å². The monoisotopic (exact) mass is 225 g/mol. The van der Waals surface area contributed by atoms with E-state index in [1.54, 1.807) is 25.1 Å². The Kier molecular flexibility index (Phi) is 4.10. The van der Waals surface area contributed by atoms with Gasteiger partial charge >= 0.3 is 0 Å². The van der Waals surface area contributed by atoms with Crippen molar-refractivity contribution < 1.29 is 10.2 Å². The highest BCUT2D eigenvalue weighted by atomic mass is 35.5. The molecule has 1 rings (SSSR count). The van der Waals surface area contributed by atoms with Gasteiger partial charge in [0, 0.05) is 0 Å². The molecule has 80 valence electrons. The average molecular weight is 226 g/mol. The van der Waals surface area contributed by atoms with Crippen molar-refractivity contribution in [2.75, 3.05) is 5.88 Å². The minimum absolute atomic E-state index is 0.0443. The third-order valence-corrected chi connectivity index (χ3v) is 2.57. The van der Waals surface area contributed by atoms with Gasteiger partial charge in [-0.15, -0.1) is 11.6 Å². The molecule has 2 unspecified atom stereocenters. The second-order valence-electron chi connectivity index (χ2n) is 3.35. The normalized spacial score (nSPS) is 14.3. The van der Waals surface area contributed by atoms with Crippen LogP contribution in [0, 0.1) is 18.3 Å². The number of nitrogens with zero attached hydrogens (tertiary/aromatic N) is 1. The number of nitriles is 1. The molecular formula is C11H12ClNO2. The molecule has 0 aliphatic carbocycles. The molecule has 0 saturated carbocycles. The molecule has 1 aromatic rings. The summed E-state index contributed by atoms with van der Waals surface area (Å²) in [5.41, 5.74) is 1.82. The van der Waals surface area contributed by atoms with Crippen LogP contribution in [0.4, 0.5) is 0 Å². The van der Waals surface area contributed by atoms with Crippen LogP contribution in [0.2, 0.25) is 0 Å². The van der Waals surface area contributed by atoms with Crippen molar-refractivity contribution in [2.24, 2.45) is 0 Å². The first-order valence-corrected chi connectivity index (χ1v) is 5.06. The minimum atomic E-state index is -1.05. The summed E-state index contributed by atoms with van der Waals surface area (Å²) in [6.45, 7) is 1.81. The number of aryl methyl sites for hydroxylation is 1. The molecule has 15 heavy (non-hydrogen) atoms. The Morgan fingerprint density at radius 1 is 1.47 bits per heavy atom. The summed E-state index contributed by atoms with van der Waals surface area (Å²) < 4.78 is 0. The lowest BCUT2D eigenvalue weighted by Crippen LogP contribution is -2.20. The number of benzene rings is 1. The number of hydrogen-bond donors (Lipinski definition) is 2. The summed E-state index contributed by atoms with van der Waals surface area (Å²) >= 11 is 5.45. The van der Waals surface area contributed by atoms with Crippen molar-refractivity contribution in [3.8, 4) is 6.07 Å². The lowest BCUT2D eigenvalue weighted by molar-refractivity contribution is 0.0323. The van der Waals surface area contributed by atoms with Gasteiger partial charge < -0.3 is 10.2 Å². The van der Waals surface area contributed by atoms with Crippen LogP contribution in [-0.4, -0.2) is 22.2 Å². The fourth-order valence-electron chi connectivity index (χ4n) is 1.32. The highest BCUT2D eigenvalue weighted by Crippen LogP contribution is 2.22. The van der Waals surface area contributed by atoms with Gasteiger partial charge in [-0.25, -0.2) is 0 Å². The zero-order valence-corrected chi connectivity index (χ0v) is 9.07. The molecule has 0 amide bonds. The van der Waals surface area contributed by atoms with Gasteiger partial charge in [-0.3, -0.25) is 0 Å². The quantitative estimate of drug-likeness (QED) is 0.767. The van der Waals surface area contributed by atoms with Crippen LogP contribution in [0.15, 0.2) is 18.2 Å². The third kappa shape index (κ3) is 2.69. The summed E-state index contributed by atoms with van der Waals surface area (Å²) in [6.07, 6.45) is -2.06. The maximum Gasteiger partial charge on any atom is 0.106 e. The molecule has 0 aliphatic rings. The molecule has 0 spiro atoms. The second kappa shape index (κ2) is 5.13. The van der Waals surface area contributed by atoms with E-state index in [2.05, 4.69) is 0 Å². The van der Waals surface area contributed by atoms with Crippen molar-refractivity contribution in [1.82, 2.24) is 0 Å². The number of alkyl halides is 1. The lowest BCUT2D eigenvalue weighted by Gasteiger charge is -2.17. The van der Waals surface area contributed by atoms with Gasteiger partial charge in [0.05, 0.1) is 23.6 Å². The van der Waals surface area contributed by atoms with Gasteiger partial charge in [0.1, 0.15) is 6.10 Å². The first-order valence-electron chi connectivity index (χ1n) is 4.53. The summed E-state index contributed by atoms with van der Waals surface area (Å²) in [5, 5.41) is 27.9. The molecule has 0 fully saturated rings. The van der Waals surface area contributed by atoms with E-state index in [1.807, 2.05) is 6.07 Å². The summed E-state index contributed by atoms with van der Waals surface area (Å²) in [6, 6.07) is 6.95. The maximum atomic E-state index is 9.75. The van der Waals surface area contributed by atoms with Gasteiger partial charge in [0.2, 0.25) is 0 Å². The highest BCUT2D eigenvalue weighted by molar-refractivity contribution is 6.18. The summed E-state index contributed by atoms with van der Waals surface area (Å²) in [4.78, 5) is 0. The molecule has 0 aliphatic heterocycles. The Hall–Kier alpha value is -1.08. The first-order chi connectivity index (χ1) is 7.10. The molecular weight excluding hydrogens is 214 g/mol. The topological polar surface area (TPSA) is 64.2 Å². The van der Waals surface area contributed by atoms with E-state index in [0.29, 0.717) is 11.1 Å². The Labute approximate surface area is 93.5 Å². The van der Waals surface area contributed by atoms with Crippen LogP contribution in [0.5, 0.6) is 0 Å². The molecule has 0 saturated heterocycles. The van der Waals surface area contributed by atoms with E-state index < -0.39 is 12.2 Å². The highest BCUT2D eigenvalue weighted by Gasteiger charge is 2.19. The number of hydrogen-bond acceptors (Lipinski definition) is 3. The van der Waals surface area contributed by atoms with Crippen LogP contribution in [-0.2, 0) is 0 Å². The number of aliphatic hydroxyl groups excluding tert-OH is 2. The van der Waals surface area contributed by atoms with Gasteiger partial charge in [-0.1, -0.05) is 6.07 Å². The van der Waals surface area contributed by atoms with Crippen molar-refractivity contribution in [3.05, 3.63) is 34.9 Å². The molecule has 0 aromatic heterocycles. The zero-order valence-electron chi connectivity index (χ0n) is 8.31. The van der Waals surface area contributed by atoms with Gasteiger partial charge in [-0.2, -0.15) is 5.26 Å². The Morgan fingerprint density at radius 3 is 2.67 bits per heavy atom. The molecule has 2 N–H and O–H groups in total. The molecule has 0 radical (unpaired) electrons. The van der Waals surface area contributed by atoms with E-state index in [4.69, 9.17) is 16.9 Å². The SMILES string of the molecule is Cc1ccc(C#N)cc1C(O)C(O)CCl. The van der Waals surface area contributed by atoms with Crippen LogP contribution >= 0.6 is 11.6 Å². The maximum absolute atomic E-state index is 9.75. The van der Waals surface area contributed by atoms with E-state index in [-0.39, 0.29) is 5.88 Å². The van der Waals surface area contributed by atoms with Gasteiger partial charge in [0.25, 0.3) is 0 Å². The van der Waals surface area contributed by atoms with Crippen LogP contribution < -0.4 is 0 Å². The molecule has 4 heteroatoms. The van der Waals surface area contributed by atoms with Crippen molar-refractivity contribution in [3.63, 3.8) is 0 Å². The predicted molar refractivity (Wildman–Crippen MR) is 57.6 cm³/mol. The third-order valence-electron chi connectivity index (χ3n) is 2.25. The molecule has 1 aromatic carbocycles. The summed E-state index contributed by atoms with van der Waals surface area (Å²) in [5.74, 6) is -0.0443. The molecule has 0 bridgehead atoms. The van der Waals surface area contributed by atoms with E-state index >= 15 is 0 Å². The van der Waals surface area contributed by atoms with Crippen molar-refractivity contribution in [1.29, 1.82) is 5.26 Å². The predicted octanol–water partition coefficient (Wildman–Crippen LogP) is 1.50. The summed E-state index contributed by atoms with van der Waals surface area (Å²) in [7, 11) is 0. The average Bonchev–Trinajstić information content (AvgIpc) is 2.27. The number of rotatable bonds is 3. The number of aliphatic hydroxyl groups is 2. The molecule has 3 nitrogen and oxygen atoms in total. The number of halogens is 1. The largest absolute Gasteiger partial charge is 0.389 e. The smallest absolute Gasteiger partial charge is 0.106 e. The van der Waals surface area contributed by atoms with Crippen LogP contribution in [0.25, 0.3) is 0 Å². The second-order valence-corrected chi connectivity index (χ2v) is 3.66. The molecule has 2 atom stereocenters. The van der Waals surface area contributed by atoms with Gasteiger partial charge in [-0.05, 0) is 30.2 Å². The van der Waals surface area contributed by atoms with Crippen LogP contribution in [0.1, 0.15) is 22.8 Å². The first kappa shape index (κ1) is 12.0. The van der Waals surface area contributed by atoms with E-state index in [9.17, 15) is 10.2 Å². The zero-order chi connectivity index (χ0) is 11.4. The van der Waals surface area contributed by atoms with Crippen molar-refractivity contribution in [2.45, 2.75) is 19.1 Å². The standard InChI is InChI=1S/C11H12ClNO2/c1-7-2-3-8(6-13)4-9(7)11(15)10(14)5-12/h2-4,10-11,14-15H,5H2,1H3. The fraction of sp³-hybridized carbons (Fsp3) is 0.364. The van der Waals surface area contributed by atoms with Crippen LogP contribution in [0.3, 0.4) is 0 Å². The molecule has 0 heterocycles. The van der Waals surface area contributed by atoms with E-state index in [1.165, 1.54) is 0 Å². The lowest BCUT2D eigenvalue weighted by atomic mass is 9.98. The minimum Gasteiger partial charge on any atom is -0.389 e. The Morgan fingerprint density at radius 2 is 2.13 bits per heavy atom. The van der Waals surface area contributed by atoms with Gasteiger partial charge in [0.15, 0.2) is 0 Å². The fourth-order valence-corrected chi connectivity index (χ4v) is 1.49. The Bertz CT molecular complexity index is 387.